The summed E-state index contributed by atoms with van der Waals surface area (Å²) in [5.41, 5.74) is 0. The molecule has 0 aliphatic carbocycles. The molecule has 0 aliphatic heterocycles. The van der Waals surface area contributed by atoms with E-state index in [1.54, 1.807) is 0 Å². The molecule has 0 fully saturated rings. The van der Waals surface area contributed by atoms with Crippen molar-refractivity contribution in [3.8, 4) is 0 Å². The molecule has 9 nitrogen and oxygen atoms in total. The maximum absolute atomic E-state index is 12.8. The number of nitrogens with zero attached hydrogens (tertiary/aromatic N) is 1. The van der Waals surface area contributed by atoms with Crippen LogP contribution in [-0.4, -0.2) is 70.0 Å². The lowest BCUT2D eigenvalue weighted by Gasteiger charge is -2.28. The van der Waals surface area contributed by atoms with Gasteiger partial charge in [-0.2, -0.15) is 0 Å². The number of hydrogen-bond donors (Lipinski definition) is 0. The van der Waals surface area contributed by atoms with E-state index in [9.17, 15) is 19.0 Å². The van der Waals surface area contributed by atoms with Crippen molar-refractivity contribution in [3.63, 3.8) is 0 Å². The molecule has 10 heteroatoms. The smallest absolute Gasteiger partial charge is 0.306 e. The Morgan fingerprint density at radius 1 is 0.397 bits per heavy atom. The van der Waals surface area contributed by atoms with Crippen LogP contribution in [0.3, 0.4) is 0 Å². The fraction of sp³-hybridized carbons (Fsp3) is 0.676. The monoisotopic (exact) mass is 1110 g/mol. The first-order chi connectivity index (χ1) is 38.0. The number of carbonyl (C=O) groups is 2. The molecule has 0 aromatic carbocycles. The number of phosphoric ester groups is 1. The number of esters is 2. The second kappa shape index (κ2) is 58.1. The van der Waals surface area contributed by atoms with E-state index >= 15 is 0 Å². The third-order valence-electron chi connectivity index (χ3n) is 13.0. The lowest BCUT2D eigenvalue weighted by molar-refractivity contribution is -0.870. The van der Waals surface area contributed by atoms with Crippen LogP contribution in [-0.2, 0) is 32.7 Å². The summed E-state index contributed by atoms with van der Waals surface area (Å²) >= 11 is 0. The van der Waals surface area contributed by atoms with Crippen LogP contribution in [0.15, 0.2) is 122 Å². The van der Waals surface area contributed by atoms with E-state index in [4.69, 9.17) is 18.5 Å². The number of hydrogen-bond acceptors (Lipinski definition) is 8. The van der Waals surface area contributed by atoms with Crippen molar-refractivity contribution < 1.29 is 42.1 Å². The Morgan fingerprint density at radius 2 is 0.692 bits per heavy atom. The van der Waals surface area contributed by atoms with Crippen LogP contribution in [0.5, 0.6) is 0 Å². The SMILES string of the molecule is CC/C=C\C/C=C\C/C=C\C/C=C\C/C=C\C/C=C\CCCCCCCCCCCCCCCCCCC(=O)OC(COC(=O)CCCCCCCC/C=C\C/C=C\C/C=C\C/C=C\CC)COP(=O)([O-])OCC[N+](C)(C)C. The zero-order valence-electron chi connectivity index (χ0n) is 50.6. The topological polar surface area (TPSA) is 111 Å². The van der Waals surface area contributed by atoms with E-state index in [1.165, 1.54) is 83.5 Å². The largest absolute Gasteiger partial charge is 0.756 e. The van der Waals surface area contributed by atoms with E-state index in [0.29, 0.717) is 23.9 Å². The quantitative estimate of drug-likeness (QED) is 0.0195. The number of ether oxygens (including phenoxy) is 2. The third-order valence-corrected chi connectivity index (χ3v) is 13.9. The molecular weight excluding hydrogens is 990 g/mol. The zero-order chi connectivity index (χ0) is 57.0. The van der Waals surface area contributed by atoms with Crippen molar-refractivity contribution in [1.82, 2.24) is 0 Å². The molecule has 446 valence electrons. The minimum atomic E-state index is -4.65. The van der Waals surface area contributed by atoms with E-state index in [1.807, 2.05) is 21.1 Å². The molecule has 0 heterocycles. The van der Waals surface area contributed by atoms with Gasteiger partial charge in [-0.3, -0.25) is 14.2 Å². The second-order valence-corrected chi connectivity index (χ2v) is 23.1. The molecule has 2 atom stereocenters. The summed E-state index contributed by atoms with van der Waals surface area (Å²) < 4.78 is 34.2. The summed E-state index contributed by atoms with van der Waals surface area (Å²) in [6, 6.07) is 0. The van der Waals surface area contributed by atoms with Crippen molar-refractivity contribution in [2.45, 2.75) is 251 Å². The summed E-state index contributed by atoms with van der Waals surface area (Å²) in [7, 11) is 1.15. The van der Waals surface area contributed by atoms with Gasteiger partial charge in [0.1, 0.15) is 19.8 Å². The normalized spacial score (nSPS) is 14.1. The number of unbranched alkanes of at least 4 members (excludes halogenated alkanes) is 22. The molecule has 0 saturated heterocycles. The highest BCUT2D eigenvalue weighted by Gasteiger charge is 2.22. The van der Waals surface area contributed by atoms with Gasteiger partial charge in [-0.05, 0) is 103 Å². The van der Waals surface area contributed by atoms with Crippen LogP contribution in [0.2, 0.25) is 0 Å². The van der Waals surface area contributed by atoms with Gasteiger partial charge in [0.2, 0.25) is 0 Å². The Labute approximate surface area is 479 Å². The van der Waals surface area contributed by atoms with Crippen molar-refractivity contribution >= 4 is 19.8 Å². The predicted octanol–water partition coefficient (Wildman–Crippen LogP) is 19.3. The summed E-state index contributed by atoms with van der Waals surface area (Å²) in [5, 5.41) is 0. The van der Waals surface area contributed by atoms with Crippen molar-refractivity contribution in [3.05, 3.63) is 122 Å². The number of quaternary nitrogens is 1. The third kappa shape index (κ3) is 61.6. The van der Waals surface area contributed by atoms with E-state index < -0.39 is 32.5 Å². The number of rotatable bonds is 56. The van der Waals surface area contributed by atoms with Crippen molar-refractivity contribution in [2.24, 2.45) is 0 Å². The number of phosphoric acid groups is 1. The molecule has 0 spiro atoms. The van der Waals surface area contributed by atoms with Crippen LogP contribution in [0.1, 0.15) is 245 Å². The van der Waals surface area contributed by atoms with Crippen LogP contribution in [0.25, 0.3) is 0 Å². The van der Waals surface area contributed by atoms with Gasteiger partial charge in [-0.1, -0.05) is 251 Å². The molecule has 0 amide bonds. The van der Waals surface area contributed by atoms with Crippen LogP contribution >= 0.6 is 7.82 Å². The van der Waals surface area contributed by atoms with E-state index in [2.05, 4.69) is 135 Å². The van der Waals surface area contributed by atoms with Crippen LogP contribution < -0.4 is 4.89 Å². The van der Waals surface area contributed by atoms with Gasteiger partial charge in [-0.25, -0.2) is 0 Å². The molecule has 0 aliphatic rings. The minimum Gasteiger partial charge on any atom is -0.756 e. The Hall–Kier alpha value is -3.59. The minimum absolute atomic E-state index is 0.0382. The van der Waals surface area contributed by atoms with Gasteiger partial charge >= 0.3 is 11.9 Å². The highest BCUT2D eigenvalue weighted by atomic mass is 31.2. The molecule has 2 unspecified atom stereocenters. The maximum atomic E-state index is 12.8. The second-order valence-electron chi connectivity index (χ2n) is 21.7. The van der Waals surface area contributed by atoms with Gasteiger partial charge in [0.25, 0.3) is 7.82 Å². The Morgan fingerprint density at radius 3 is 1.03 bits per heavy atom. The van der Waals surface area contributed by atoms with Gasteiger partial charge in [0.15, 0.2) is 6.10 Å². The molecule has 0 saturated carbocycles. The Kier molecular flexibility index (Phi) is 55.4. The lowest BCUT2D eigenvalue weighted by Crippen LogP contribution is -2.37. The van der Waals surface area contributed by atoms with Gasteiger partial charge in [-0.15, -0.1) is 0 Å². The molecule has 0 radical (unpaired) electrons. The molecule has 0 bridgehead atoms. The molecule has 78 heavy (non-hydrogen) atoms. The predicted molar refractivity (Wildman–Crippen MR) is 332 cm³/mol. The number of likely N-dealkylation sites (N-methyl/N-ethyl adjacent to an activating group) is 1. The molecule has 0 rings (SSSR count). The number of carbonyl (C=O) groups excluding carboxylic acids is 2. The highest BCUT2D eigenvalue weighted by molar-refractivity contribution is 7.45. The average Bonchev–Trinajstić information content (AvgIpc) is 3.41. The fourth-order valence-corrected chi connectivity index (χ4v) is 8.97. The summed E-state index contributed by atoms with van der Waals surface area (Å²) in [4.78, 5) is 37.9. The van der Waals surface area contributed by atoms with Gasteiger partial charge in [0.05, 0.1) is 27.7 Å². The van der Waals surface area contributed by atoms with Gasteiger partial charge in [0, 0.05) is 12.8 Å². The first kappa shape index (κ1) is 74.4. The summed E-state index contributed by atoms with van der Waals surface area (Å²) in [5.74, 6) is -0.852. The average molecular weight is 1110 g/mol. The van der Waals surface area contributed by atoms with Crippen LogP contribution in [0, 0.1) is 0 Å². The maximum Gasteiger partial charge on any atom is 0.306 e. The van der Waals surface area contributed by atoms with Crippen molar-refractivity contribution in [2.75, 3.05) is 47.5 Å². The first-order valence-corrected chi connectivity index (χ1v) is 32.7. The van der Waals surface area contributed by atoms with Crippen LogP contribution in [0.4, 0.5) is 0 Å². The molecule has 0 aromatic heterocycles. The Balaban J connectivity index is 4.09. The molecular formula is C68H116NO8P. The molecule has 0 N–H and O–H groups in total. The zero-order valence-corrected chi connectivity index (χ0v) is 51.5. The van der Waals surface area contributed by atoms with Crippen molar-refractivity contribution in [1.29, 1.82) is 0 Å². The summed E-state index contributed by atoms with van der Waals surface area (Å²) in [6.07, 6.45) is 82.6. The number of allylic oxidation sites excluding steroid dienone is 20. The van der Waals surface area contributed by atoms with E-state index in [0.717, 1.165) is 122 Å². The Bertz CT molecular complexity index is 1730. The highest BCUT2D eigenvalue weighted by Crippen LogP contribution is 2.38. The lowest BCUT2D eigenvalue weighted by atomic mass is 10.0. The molecule has 0 aromatic rings. The first-order valence-electron chi connectivity index (χ1n) is 31.2. The summed E-state index contributed by atoms with van der Waals surface area (Å²) in [6.45, 7) is 4.00. The van der Waals surface area contributed by atoms with Gasteiger partial charge < -0.3 is 27.9 Å². The fourth-order valence-electron chi connectivity index (χ4n) is 8.24. The van der Waals surface area contributed by atoms with E-state index in [-0.39, 0.29) is 26.1 Å². The standard InChI is InChI=1S/C68H116NO8P/c1-6-8-10-12-14-16-18-20-22-24-26-27-28-29-30-31-32-33-34-35-36-37-38-39-40-41-43-45-47-49-51-53-55-57-59-61-68(71)77-66(65-76-78(72,73)75-63-62-69(3,4)5)64-74-67(70)60-58-56-54-52-50-48-46-44-42-25-23-21-19-17-15-13-11-9-7-2/h8-11,14-17,20-23,26-27,29-30,32-33,42,44,66H,6-7,12-13,18-19,24-25,28,31,34-41,43,45-65H2,1-5H3/b10-8-,11-9-,16-14-,17-15-,22-20-,23-21-,27-26-,30-29-,33-32-,44-42-.